The minimum Gasteiger partial charge on any atom is -0.493 e. The highest BCUT2D eigenvalue weighted by molar-refractivity contribution is 7.89. The molecule has 0 amide bonds. The van der Waals surface area contributed by atoms with Crippen LogP contribution in [0.15, 0.2) is 35.7 Å². The maximum Gasteiger partial charge on any atom is 0.243 e. The second-order valence-electron chi connectivity index (χ2n) is 4.57. The van der Waals surface area contributed by atoms with Crippen molar-refractivity contribution in [1.29, 1.82) is 0 Å². The quantitative estimate of drug-likeness (QED) is 0.709. The van der Waals surface area contributed by atoms with Crippen molar-refractivity contribution in [2.75, 3.05) is 19.7 Å². The van der Waals surface area contributed by atoms with Crippen molar-refractivity contribution in [1.82, 2.24) is 4.31 Å². The van der Waals surface area contributed by atoms with Gasteiger partial charge in [0.2, 0.25) is 10.0 Å². The summed E-state index contributed by atoms with van der Waals surface area (Å²) in [6.45, 7) is 8.88. The Morgan fingerprint density at radius 1 is 1.38 bits per heavy atom. The van der Waals surface area contributed by atoms with Gasteiger partial charge in [-0.3, -0.25) is 0 Å². The third-order valence-corrected chi connectivity index (χ3v) is 4.97. The molecule has 0 unspecified atom stereocenters. The van der Waals surface area contributed by atoms with Gasteiger partial charge in [-0.1, -0.05) is 19.9 Å². The zero-order chi connectivity index (χ0) is 15.9. The third-order valence-electron chi connectivity index (χ3n) is 3.04. The minimum atomic E-state index is -3.53. The van der Waals surface area contributed by atoms with Gasteiger partial charge in [0.25, 0.3) is 0 Å². The van der Waals surface area contributed by atoms with Crippen LogP contribution in [-0.2, 0) is 16.6 Å². The predicted octanol–water partition coefficient (Wildman–Crippen LogP) is 2.13. The highest BCUT2D eigenvalue weighted by atomic mass is 32.2. The fourth-order valence-corrected chi connectivity index (χ4v) is 3.39. The van der Waals surface area contributed by atoms with Gasteiger partial charge in [0.1, 0.15) is 5.75 Å². The van der Waals surface area contributed by atoms with E-state index in [2.05, 4.69) is 6.58 Å². The zero-order valence-electron chi connectivity index (χ0n) is 12.7. The van der Waals surface area contributed by atoms with E-state index in [4.69, 9.17) is 10.5 Å². The van der Waals surface area contributed by atoms with E-state index in [9.17, 15) is 8.42 Å². The van der Waals surface area contributed by atoms with E-state index < -0.39 is 10.0 Å². The number of nitrogens with zero attached hydrogens (tertiary/aromatic N) is 1. The molecule has 0 aliphatic carbocycles. The van der Waals surface area contributed by atoms with Crippen molar-refractivity contribution < 1.29 is 13.2 Å². The van der Waals surface area contributed by atoms with Gasteiger partial charge < -0.3 is 10.5 Å². The molecule has 0 saturated carbocycles. The molecule has 5 nitrogen and oxygen atoms in total. The van der Waals surface area contributed by atoms with Gasteiger partial charge in [-0.25, -0.2) is 8.42 Å². The maximum absolute atomic E-state index is 12.5. The van der Waals surface area contributed by atoms with E-state index in [1.165, 1.54) is 4.31 Å². The van der Waals surface area contributed by atoms with Crippen molar-refractivity contribution in [2.24, 2.45) is 5.73 Å². The van der Waals surface area contributed by atoms with Gasteiger partial charge in [0.15, 0.2) is 0 Å². The molecule has 0 heterocycles. The molecular weight excluding hydrogens is 288 g/mol. The van der Waals surface area contributed by atoms with Gasteiger partial charge in [-0.15, -0.1) is 6.58 Å². The topological polar surface area (TPSA) is 72.6 Å². The summed E-state index contributed by atoms with van der Waals surface area (Å²) in [7, 11) is -3.53. The molecule has 118 valence electrons. The summed E-state index contributed by atoms with van der Waals surface area (Å²) in [5, 5.41) is 0. The second-order valence-corrected chi connectivity index (χ2v) is 6.50. The van der Waals surface area contributed by atoms with Crippen LogP contribution >= 0.6 is 0 Å². The van der Waals surface area contributed by atoms with Crippen LogP contribution in [0.3, 0.4) is 0 Å². The van der Waals surface area contributed by atoms with Gasteiger partial charge in [0.05, 0.1) is 11.5 Å². The zero-order valence-corrected chi connectivity index (χ0v) is 13.5. The number of hydrogen-bond donors (Lipinski definition) is 1. The molecule has 0 radical (unpaired) electrons. The van der Waals surface area contributed by atoms with Gasteiger partial charge in [-0.2, -0.15) is 4.31 Å². The average Bonchev–Trinajstić information content (AvgIpc) is 2.49. The highest BCUT2D eigenvalue weighted by Gasteiger charge is 2.23. The lowest BCUT2D eigenvalue weighted by molar-refractivity contribution is 0.314. The minimum absolute atomic E-state index is 0.232. The van der Waals surface area contributed by atoms with Crippen LogP contribution in [0, 0.1) is 0 Å². The van der Waals surface area contributed by atoms with E-state index >= 15 is 0 Å². The number of hydrogen-bond acceptors (Lipinski definition) is 4. The van der Waals surface area contributed by atoms with Crippen LogP contribution in [0.2, 0.25) is 0 Å². The molecule has 1 aromatic carbocycles. The van der Waals surface area contributed by atoms with Gasteiger partial charge in [-0.05, 0) is 24.6 Å². The Balaban J connectivity index is 3.16. The van der Waals surface area contributed by atoms with E-state index in [-0.39, 0.29) is 18.0 Å². The first-order chi connectivity index (χ1) is 10.0. The Hall–Kier alpha value is -1.37. The molecule has 0 bridgehead atoms. The Morgan fingerprint density at radius 3 is 2.62 bits per heavy atom. The maximum atomic E-state index is 12.5. The van der Waals surface area contributed by atoms with Crippen LogP contribution in [0.5, 0.6) is 5.75 Å². The molecule has 6 heteroatoms. The lowest BCUT2D eigenvalue weighted by Gasteiger charge is -2.20. The summed E-state index contributed by atoms with van der Waals surface area (Å²) in [6.07, 6.45) is 2.45. The average molecular weight is 312 g/mol. The number of ether oxygens (including phenoxy) is 1. The smallest absolute Gasteiger partial charge is 0.243 e. The number of rotatable bonds is 9. The lowest BCUT2D eigenvalue weighted by Crippen LogP contribution is -2.31. The van der Waals surface area contributed by atoms with Gasteiger partial charge >= 0.3 is 0 Å². The molecule has 0 atom stereocenters. The van der Waals surface area contributed by atoms with E-state index in [0.29, 0.717) is 24.5 Å². The molecule has 2 N–H and O–H groups in total. The largest absolute Gasteiger partial charge is 0.493 e. The molecule has 0 saturated heterocycles. The number of sulfonamides is 1. The van der Waals surface area contributed by atoms with Crippen molar-refractivity contribution >= 4 is 10.0 Å². The molecule has 0 aromatic heterocycles. The second kappa shape index (κ2) is 8.17. The van der Waals surface area contributed by atoms with Crippen LogP contribution in [0.4, 0.5) is 0 Å². The molecule has 1 rings (SSSR count). The summed E-state index contributed by atoms with van der Waals surface area (Å²) in [5.74, 6) is 0.644. The van der Waals surface area contributed by atoms with Gasteiger partial charge in [0, 0.05) is 25.2 Å². The number of benzene rings is 1. The van der Waals surface area contributed by atoms with Crippen LogP contribution in [0.25, 0.3) is 0 Å². The molecule has 0 aliphatic heterocycles. The first-order valence-electron chi connectivity index (χ1n) is 7.08. The SMILES string of the molecule is C=CCN(CC)S(=O)(=O)c1ccc(OCCC)c(CN)c1. The molecular formula is C15H24N2O3S. The summed E-state index contributed by atoms with van der Waals surface area (Å²) in [5.41, 5.74) is 6.39. The molecule has 0 aliphatic rings. The number of nitrogens with two attached hydrogens (primary N) is 1. The fraction of sp³-hybridized carbons (Fsp3) is 0.467. The first kappa shape index (κ1) is 17.7. The Labute approximate surface area is 127 Å². The summed E-state index contributed by atoms with van der Waals surface area (Å²) < 4.78 is 32.0. The van der Waals surface area contributed by atoms with Crippen molar-refractivity contribution in [3.05, 3.63) is 36.4 Å². The van der Waals surface area contributed by atoms with E-state index in [1.807, 2.05) is 6.92 Å². The highest BCUT2D eigenvalue weighted by Crippen LogP contribution is 2.24. The number of likely N-dealkylation sites (N-methyl/N-ethyl adjacent to an activating group) is 1. The molecule has 0 fully saturated rings. The summed E-state index contributed by atoms with van der Waals surface area (Å²) in [6, 6.07) is 4.82. The Bertz CT molecular complexity index is 570. The first-order valence-corrected chi connectivity index (χ1v) is 8.52. The van der Waals surface area contributed by atoms with E-state index in [0.717, 1.165) is 6.42 Å². The predicted molar refractivity (Wildman–Crippen MR) is 84.7 cm³/mol. The third kappa shape index (κ3) is 4.30. The standard InChI is InChI=1S/C15H24N2O3S/c1-4-9-17(6-3)21(18,19)14-7-8-15(20-10-5-2)13(11-14)12-16/h4,7-8,11H,1,5-6,9-10,12,16H2,2-3H3. The van der Waals surface area contributed by atoms with Crippen molar-refractivity contribution in [2.45, 2.75) is 31.7 Å². The molecule has 0 spiro atoms. The van der Waals surface area contributed by atoms with Crippen LogP contribution < -0.4 is 10.5 Å². The van der Waals surface area contributed by atoms with Crippen molar-refractivity contribution in [3.63, 3.8) is 0 Å². The summed E-state index contributed by atoms with van der Waals surface area (Å²) >= 11 is 0. The Kier molecular flexibility index (Phi) is 6.87. The fourth-order valence-electron chi connectivity index (χ4n) is 1.92. The Morgan fingerprint density at radius 2 is 2.10 bits per heavy atom. The molecule has 21 heavy (non-hydrogen) atoms. The normalized spacial score (nSPS) is 11.6. The van der Waals surface area contributed by atoms with Crippen LogP contribution in [0.1, 0.15) is 25.8 Å². The van der Waals surface area contributed by atoms with Crippen molar-refractivity contribution in [3.8, 4) is 5.75 Å². The summed E-state index contributed by atoms with van der Waals surface area (Å²) in [4.78, 5) is 0.232. The molecule has 1 aromatic rings. The van der Waals surface area contributed by atoms with E-state index in [1.54, 1.807) is 31.2 Å². The monoisotopic (exact) mass is 312 g/mol. The lowest BCUT2D eigenvalue weighted by atomic mass is 10.2. The van der Waals surface area contributed by atoms with Crippen LogP contribution in [-0.4, -0.2) is 32.4 Å².